The Hall–Kier alpha value is -2.14. The van der Waals surface area contributed by atoms with Crippen molar-refractivity contribution < 1.29 is 4.79 Å². The zero-order valence-electron chi connectivity index (χ0n) is 12.2. The van der Waals surface area contributed by atoms with E-state index in [4.69, 9.17) is 0 Å². The summed E-state index contributed by atoms with van der Waals surface area (Å²) in [5.74, 6) is 0.108. The molecule has 1 fully saturated rings. The number of benzene rings is 1. The first kappa shape index (κ1) is 13.8. The Morgan fingerprint density at radius 3 is 2.57 bits per heavy atom. The van der Waals surface area contributed by atoms with Crippen LogP contribution in [-0.4, -0.2) is 53.5 Å². The number of amides is 1. The van der Waals surface area contributed by atoms with Crippen molar-refractivity contribution in [1.82, 2.24) is 14.4 Å². The second-order valence-electron chi connectivity index (χ2n) is 5.51. The first-order valence-corrected chi connectivity index (χ1v) is 7.19. The highest BCUT2D eigenvalue weighted by molar-refractivity contribution is 5.82. The molecule has 1 amide bonds. The molecule has 0 unspecified atom stereocenters. The molecule has 5 heteroatoms. The van der Waals surface area contributed by atoms with Gasteiger partial charge in [-0.2, -0.15) is 0 Å². The van der Waals surface area contributed by atoms with Gasteiger partial charge in [0, 0.05) is 43.8 Å². The lowest BCUT2D eigenvalue weighted by Crippen LogP contribution is -2.48. The van der Waals surface area contributed by atoms with Crippen molar-refractivity contribution in [2.75, 3.05) is 33.2 Å². The summed E-state index contributed by atoms with van der Waals surface area (Å²) in [5.41, 5.74) is 0.807. The highest BCUT2D eigenvalue weighted by Gasteiger charge is 2.19. The van der Waals surface area contributed by atoms with E-state index in [-0.39, 0.29) is 17.9 Å². The minimum absolute atomic E-state index is 0.00565. The monoisotopic (exact) mass is 285 g/mol. The molecule has 0 bridgehead atoms. The van der Waals surface area contributed by atoms with Gasteiger partial charge in [0.1, 0.15) is 6.54 Å². The van der Waals surface area contributed by atoms with Gasteiger partial charge in [-0.25, -0.2) is 0 Å². The summed E-state index contributed by atoms with van der Waals surface area (Å²) in [6, 6.07) is 8.94. The van der Waals surface area contributed by atoms with Gasteiger partial charge in [0.2, 0.25) is 5.91 Å². The van der Waals surface area contributed by atoms with Gasteiger partial charge in [-0.1, -0.05) is 12.1 Å². The van der Waals surface area contributed by atoms with Crippen LogP contribution >= 0.6 is 0 Å². The quantitative estimate of drug-likeness (QED) is 0.819. The van der Waals surface area contributed by atoms with E-state index in [1.54, 1.807) is 12.3 Å². The molecular weight excluding hydrogens is 266 g/mol. The number of carbonyl (C=O) groups excluding carboxylic acids is 1. The van der Waals surface area contributed by atoms with Gasteiger partial charge < -0.3 is 14.4 Å². The van der Waals surface area contributed by atoms with E-state index in [1.807, 2.05) is 27.7 Å². The molecule has 2 heterocycles. The minimum atomic E-state index is -0.00565. The molecule has 1 aromatic carbocycles. The molecule has 0 N–H and O–H groups in total. The van der Waals surface area contributed by atoms with E-state index in [9.17, 15) is 9.59 Å². The van der Waals surface area contributed by atoms with Crippen LogP contribution in [0.3, 0.4) is 0 Å². The van der Waals surface area contributed by atoms with E-state index in [0.717, 1.165) is 31.7 Å². The number of likely N-dealkylation sites (N-methyl/N-ethyl adjacent to an activating group) is 1. The predicted octanol–water partition coefficient (Wildman–Crippen LogP) is 0.775. The molecule has 1 aliphatic heterocycles. The number of hydrogen-bond acceptors (Lipinski definition) is 3. The first-order valence-electron chi connectivity index (χ1n) is 7.19. The van der Waals surface area contributed by atoms with Gasteiger partial charge in [-0.3, -0.25) is 9.59 Å². The van der Waals surface area contributed by atoms with Crippen molar-refractivity contribution in [3.05, 3.63) is 46.8 Å². The Labute approximate surface area is 123 Å². The fourth-order valence-corrected chi connectivity index (χ4v) is 2.70. The van der Waals surface area contributed by atoms with Crippen LogP contribution in [0.5, 0.6) is 0 Å². The zero-order valence-corrected chi connectivity index (χ0v) is 12.2. The standard InChI is InChI=1S/C16H19N3O2/c1-17-8-10-18(11-9-17)16(21)12-19-7-6-15(20)13-4-2-3-5-14(13)19/h2-7H,8-12H2,1H3. The fourth-order valence-electron chi connectivity index (χ4n) is 2.70. The van der Waals surface area contributed by atoms with E-state index in [2.05, 4.69) is 11.9 Å². The van der Waals surface area contributed by atoms with Crippen LogP contribution in [0, 0.1) is 0 Å². The number of piperazine rings is 1. The van der Waals surface area contributed by atoms with Crippen molar-refractivity contribution in [2.45, 2.75) is 6.54 Å². The Morgan fingerprint density at radius 1 is 1.10 bits per heavy atom. The zero-order chi connectivity index (χ0) is 14.8. The van der Waals surface area contributed by atoms with Gasteiger partial charge in [0.15, 0.2) is 5.43 Å². The Balaban J connectivity index is 1.83. The molecular formula is C16H19N3O2. The van der Waals surface area contributed by atoms with Crippen molar-refractivity contribution in [3.63, 3.8) is 0 Å². The third kappa shape index (κ3) is 2.83. The average Bonchev–Trinajstić information content (AvgIpc) is 2.51. The molecule has 110 valence electrons. The van der Waals surface area contributed by atoms with Gasteiger partial charge in [-0.05, 0) is 19.2 Å². The SMILES string of the molecule is CN1CCN(C(=O)Cn2ccc(=O)c3ccccc32)CC1. The van der Waals surface area contributed by atoms with Crippen LogP contribution in [0.2, 0.25) is 0 Å². The van der Waals surface area contributed by atoms with E-state index >= 15 is 0 Å². The van der Waals surface area contributed by atoms with Crippen LogP contribution in [0.1, 0.15) is 0 Å². The maximum absolute atomic E-state index is 12.4. The molecule has 5 nitrogen and oxygen atoms in total. The Bertz CT molecular complexity index is 715. The van der Waals surface area contributed by atoms with E-state index in [0.29, 0.717) is 5.39 Å². The average molecular weight is 285 g/mol. The predicted molar refractivity (Wildman–Crippen MR) is 82.3 cm³/mol. The molecule has 2 aromatic rings. The van der Waals surface area contributed by atoms with Crippen LogP contribution in [0.15, 0.2) is 41.3 Å². The number of pyridine rings is 1. The molecule has 0 spiro atoms. The summed E-state index contributed by atoms with van der Waals surface area (Å²) in [4.78, 5) is 28.4. The number of nitrogens with zero attached hydrogens (tertiary/aromatic N) is 3. The molecule has 1 saturated heterocycles. The second kappa shape index (κ2) is 5.69. The summed E-state index contributed by atoms with van der Waals surface area (Å²) < 4.78 is 1.86. The summed E-state index contributed by atoms with van der Waals surface area (Å²) >= 11 is 0. The summed E-state index contributed by atoms with van der Waals surface area (Å²) in [7, 11) is 2.07. The topological polar surface area (TPSA) is 45.5 Å². The van der Waals surface area contributed by atoms with E-state index in [1.165, 1.54) is 6.07 Å². The number of fused-ring (bicyclic) bond motifs is 1. The second-order valence-corrected chi connectivity index (χ2v) is 5.51. The normalized spacial score (nSPS) is 16.3. The molecule has 0 radical (unpaired) electrons. The fraction of sp³-hybridized carbons (Fsp3) is 0.375. The third-order valence-corrected chi connectivity index (χ3v) is 4.05. The van der Waals surface area contributed by atoms with Gasteiger partial charge >= 0.3 is 0 Å². The Morgan fingerprint density at radius 2 is 1.81 bits per heavy atom. The molecule has 1 aromatic heterocycles. The maximum atomic E-state index is 12.4. The van der Waals surface area contributed by atoms with Crippen LogP contribution < -0.4 is 5.43 Å². The highest BCUT2D eigenvalue weighted by Crippen LogP contribution is 2.10. The molecule has 1 aliphatic rings. The molecule has 0 atom stereocenters. The van der Waals surface area contributed by atoms with Crippen molar-refractivity contribution >= 4 is 16.8 Å². The van der Waals surface area contributed by atoms with Gasteiger partial charge in [0.05, 0.1) is 5.52 Å². The van der Waals surface area contributed by atoms with Crippen molar-refractivity contribution in [3.8, 4) is 0 Å². The largest absolute Gasteiger partial charge is 0.339 e. The number of carbonyl (C=O) groups is 1. The highest BCUT2D eigenvalue weighted by atomic mass is 16.2. The first-order chi connectivity index (χ1) is 10.1. The lowest BCUT2D eigenvalue weighted by atomic mass is 10.2. The lowest BCUT2D eigenvalue weighted by molar-refractivity contribution is -0.133. The van der Waals surface area contributed by atoms with Gasteiger partial charge in [0.25, 0.3) is 0 Å². The third-order valence-electron chi connectivity index (χ3n) is 4.05. The number of aromatic nitrogens is 1. The van der Waals surface area contributed by atoms with Gasteiger partial charge in [-0.15, -0.1) is 0 Å². The maximum Gasteiger partial charge on any atom is 0.242 e. The van der Waals surface area contributed by atoms with Crippen molar-refractivity contribution in [1.29, 1.82) is 0 Å². The van der Waals surface area contributed by atoms with Crippen LogP contribution in [0.25, 0.3) is 10.9 Å². The van der Waals surface area contributed by atoms with E-state index < -0.39 is 0 Å². The summed E-state index contributed by atoms with van der Waals surface area (Å²) in [5, 5.41) is 0.658. The Kier molecular flexibility index (Phi) is 3.75. The lowest BCUT2D eigenvalue weighted by Gasteiger charge is -2.32. The summed E-state index contributed by atoms with van der Waals surface area (Å²) in [6.07, 6.45) is 1.71. The number of para-hydroxylation sites is 1. The number of hydrogen-bond donors (Lipinski definition) is 0. The minimum Gasteiger partial charge on any atom is -0.339 e. The number of rotatable bonds is 2. The summed E-state index contributed by atoms with van der Waals surface area (Å²) in [6.45, 7) is 3.65. The van der Waals surface area contributed by atoms with Crippen LogP contribution in [-0.2, 0) is 11.3 Å². The molecule has 0 saturated carbocycles. The molecule has 3 rings (SSSR count). The smallest absolute Gasteiger partial charge is 0.242 e. The molecule has 0 aliphatic carbocycles. The van der Waals surface area contributed by atoms with Crippen LogP contribution in [0.4, 0.5) is 0 Å². The van der Waals surface area contributed by atoms with Crippen molar-refractivity contribution in [2.24, 2.45) is 0 Å². The molecule has 21 heavy (non-hydrogen) atoms.